The standard InChI is InChI=1S/C20H16N4OS2/c25-19-15-11-21-23-18(15)24-17(13-7-3-1-4-8-13)16(12-26-20(24)22-19)27-14-9-5-2-6-10-14/h1-11,16-17H,12H2,(H,21,23)/t16-,17-/m0/s1. The summed E-state index contributed by atoms with van der Waals surface area (Å²) in [7, 11) is 0. The lowest BCUT2D eigenvalue weighted by Gasteiger charge is -2.34. The highest BCUT2D eigenvalue weighted by Crippen LogP contribution is 2.43. The smallest absolute Gasteiger partial charge is 0.284 e. The van der Waals surface area contributed by atoms with Crippen LogP contribution in [0.2, 0.25) is 0 Å². The molecule has 0 unspecified atom stereocenters. The normalized spacial score (nSPS) is 19.1. The summed E-state index contributed by atoms with van der Waals surface area (Å²) in [4.78, 5) is 17.9. The summed E-state index contributed by atoms with van der Waals surface area (Å²) in [5, 5.41) is 8.70. The van der Waals surface area contributed by atoms with E-state index in [-0.39, 0.29) is 11.6 Å². The van der Waals surface area contributed by atoms with Gasteiger partial charge in [-0.05, 0) is 17.7 Å². The molecule has 0 spiro atoms. The number of hydrogen-bond acceptors (Lipinski definition) is 5. The lowest BCUT2D eigenvalue weighted by molar-refractivity contribution is 0.519. The molecule has 1 N–H and O–H groups in total. The van der Waals surface area contributed by atoms with Crippen molar-refractivity contribution in [1.82, 2.24) is 19.7 Å². The predicted molar refractivity (Wildman–Crippen MR) is 110 cm³/mol. The minimum absolute atomic E-state index is 0.0590. The molecule has 134 valence electrons. The van der Waals surface area contributed by atoms with Crippen LogP contribution in [0.25, 0.3) is 11.0 Å². The highest BCUT2D eigenvalue weighted by atomic mass is 32.2. The Kier molecular flexibility index (Phi) is 4.26. The molecule has 5 rings (SSSR count). The number of H-pyrrole nitrogens is 1. The Morgan fingerprint density at radius 3 is 2.59 bits per heavy atom. The van der Waals surface area contributed by atoms with Gasteiger partial charge < -0.3 is 0 Å². The van der Waals surface area contributed by atoms with Crippen LogP contribution in [0.3, 0.4) is 0 Å². The summed E-state index contributed by atoms with van der Waals surface area (Å²) >= 11 is 3.49. The number of aromatic amines is 1. The molecule has 0 aliphatic carbocycles. The van der Waals surface area contributed by atoms with Crippen molar-refractivity contribution in [1.29, 1.82) is 0 Å². The van der Waals surface area contributed by atoms with Gasteiger partial charge in [0, 0.05) is 15.9 Å². The van der Waals surface area contributed by atoms with Gasteiger partial charge in [0.2, 0.25) is 0 Å². The molecule has 2 atom stereocenters. The molecular weight excluding hydrogens is 376 g/mol. The van der Waals surface area contributed by atoms with Gasteiger partial charge in [0.1, 0.15) is 11.0 Å². The number of nitrogens with one attached hydrogen (secondary N) is 1. The molecule has 5 nitrogen and oxygen atoms in total. The fraction of sp³-hybridized carbons (Fsp3) is 0.150. The molecule has 0 radical (unpaired) electrons. The van der Waals surface area contributed by atoms with Gasteiger partial charge in [0.15, 0.2) is 5.16 Å². The molecule has 7 heteroatoms. The van der Waals surface area contributed by atoms with E-state index in [2.05, 4.69) is 68.3 Å². The lowest BCUT2D eigenvalue weighted by atomic mass is 10.0. The summed E-state index contributed by atoms with van der Waals surface area (Å²) in [5.41, 5.74) is 1.72. The molecular formula is C20H16N4OS2. The molecule has 0 fully saturated rings. The Bertz CT molecular complexity index is 1140. The number of nitrogens with zero attached hydrogens (tertiary/aromatic N) is 3. The second-order valence-corrected chi connectivity index (χ2v) is 8.64. The van der Waals surface area contributed by atoms with Crippen molar-refractivity contribution in [2.24, 2.45) is 0 Å². The zero-order valence-electron chi connectivity index (χ0n) is 14.3. The van der Waals surface area contributed by atoms with Crippen molar-refractivity contribution in [2.75, 3.05) is 5.75 Å². The molecule has 27 heavy (non-hydrogen) atoms. The number of rotatable bonds is 3. The second-order valence-electron chi connectivity index (χ2n) is 6.34. The third-order valence-electron chi connectivity index (χ3n) is 4.67. The largest absolute Gasteiger partial charge is 0.296 e. The average Bonchev–Trinajstić information content (AvgIpc) is 3.20. The maximum atomic E-state index is 12.3. The van der Waals surface area contributed by atoms with Crippen molar-refractivity contribution in [2.45, 2.75) is 21.3 Å². The summed E-state index contributed by atoms with van der Waals surface area (Å²) in [5.74, 6) is 0.880. The molecule has 1 aliphatic rings. The molecule has 2 aromatic carbocycles. The summed E-state index contributed by atoms with van der Waals surface area (Å²) in [6.07, 6.45) is 1.57. The van der Waals surface area contributed by atoms with Crippen LogP contribution in [0, 0.1) is 0 Å². The summed E-state index contributed by atoms with van der Waals surface area (Å²) < 4.78 is 2.15. The van der Waals surface area contributed by atoms with Gasteiger partial charge in [0.25, 0.3) is 5.56 Å². The van der Waals surface area contributed by atoms with E-state index in [9.17, 15) is 4.79 Å². The number of aromatic nitrogens is 4. The Labute approximate surface area is 164 Å². The van der Waals surface area contributed by atoms with E-state index in [0.717, 1.165) is 16.6 Å². The molecule has 0 bridgehead atoms. The fourth-order valence-corrected chi connectivity index (χ4v) is 6.01. The van der Waals surface area contributed by atoms with Crippen LogP contribution >= 0.6 is 23.5 Å². The Hall–Kier alpha value is -2.51. The average molecular weight is 393 g/mol. The minimum atomic E-state index is -0.224. The van der Waals surface area contributed by atoms with Crippen LogP contribution in [0.15, 0.2) is 81.7 Å². The van der Waals surface area contributed by atoms with Crippen LogP contribution < -0.4 is 5.56 Å². The van der Waals surface area contributed by atoms with E-state index in [4.69, 9.17) is 0 Å². The topological polar surface area (TPSA) is 63.6 Å². The van der Waals surface area contributed by atoms with Gasteiger partial charge in [-0.15, -0.1) is 11.8 Å². The van der Waals surface area contributed by atoms with Gasteiger partial charge in [0.05, 0.1) is 12.2 Å². The predicted octanol–water partition coefficient (Wildman–Crippen LogP) is 3.98. The quantitative estimate of drug-likeness (QED) is 0.535. The summed E-state index contributed by atoms with van der Waals surface area (Å²) in [6, 6.07) is 20.9. The van der Waals surface area contributed by atoms with E-state index in [1.165, 1.54) is 10.5 Å². The Morgan fingerprint density at radius 2 is 1.81 bits per heavy atom. The number of fused-ring (bicyclic) bond motifs is 3. The highest BCUT2D eigenvalue weighted by Gasteiger charge is 2.34. The first kappa shape index (κ1) is 16.6. The zero-order valence-corrected chi connectivity index (χ0v) is 15.9. The second kappa shape index (κ2) is 6.90. The van der Waals surface area contributed by atoms with Crippen LogP contribution in [-0.2, 0) is 0 Å². The zero-order chi connectivity index (χ0) is 18.2. The van der Waals surface area contributed by atoms with E-state index in [0.29, 0.717) is 10.6 Å². The molecule has 0 saturated heterocycles. The lowest BCUT2D eigenvalue weighted by Crippen LogP contribution is -2.33. The number of benzene rings is 2. The van der Waals surface area contributed by atoms with Crippen molar-refractivity contribution < 1.29 is 0 Å². The van der Waals surface area contributed by atoms with Gasteiger partial charge in [-0.25, -0.2) is 0 Å². The first-order valence-electron chi connectivity index (χ1n) is 8.66. The van der Waals surface area contributed by atoms with E-state index >= 15 is 0 Å². The number of thioether (sulfide) groups is 2. The number of hydrogen-bond donors (Lipinski definition) is 1. The monoisotopic (exact) mass is 392 g/mol. The molecule has 1 aliphatic heterocycles. The van der Waals surface area contributed by atoms with Crippen molar-refractivity contribution in [3.05, 3.63) is 82.8 Å². The SMILES string of the molecule is O=c1nc2n(c3[nH]ncc13)[C@@H](c1ccccc1)[C@@H](Sc1ccccc1)CS2. The third-order valence-corrected chi connectivity index (χ3v) is 7.23. The Balaban J connectivity index is 1.69. The summed E-state index contributed by atoms with van der Waals surface area (Å²) in [6.45, 7) is 0. The Morgan fingerprint density at radius 1 is 1.07 bits per heavy atom. The van der Waals surface area contributed by atoms with Gasteiger partial charge in [-0.1, -0.05) is 60.3 Å². The van der Waals surface area contributed by atoms with Crippen LogP contribution in [0.1, 0.15) is 11.6 Å². The van der Waals surface area contributed by atoms with Crippen molar-refractivity contribution >= 4 is 34.6 Å². The maximum Gasteiger partial charge on any atom is 0.284 e. The molecule has 0 amide bonds. The molecule has 0 saturated carbocycles. The molecule has 4 aromatic rings. The highest BCUT2D eigenvalue weighted by molar-refractivity contribution is 8.03. The van der Waals surface area contributed by atoms with E-state index in [1.807, 2.05) is 23.9 Å². The van der Waals surface area contributed by atoms with Crippen molar-refractivity contribution in [3.63, 3.8) is 0 Å². The van der Waals surface area contributed by atoms with E-state index in [1.54, 1.807) is 18.0 Å². The first-order chi connectivity index (χ1) is 13.3. The van der Waals surface area contributed by atoms with Crippen LogP contribution in [0.5, 0.6) is 0 Å². The minimum Gasteiger partial charge on any atom is -0.296 e. The molecule has 3 heterocycles. The first-order valence-corrected chi connectivity index (χ1v) is 10.5. The fourth-order valence-electron chi connectivity index (χ4n) is 3.48. The van der Waals surface area contributed by atoms with Gasteiger partial charge in [-0.2, -0.15) is 10.1 Å². The third kappa shape index (κ3) is 2.96. The van der Waals surface area contributed by atoms with Crippen molar-refractivity contribution in [3.8, 4) is 0 Å². The van der Waals surface area contributed by atoms with Gasteiger partial charge >= 0.3 is 0 Å². The van der Waals surface area contributed by atoms with Crippen LogP contribution in [-0.4, -0.2) is 30.8 Å². The van der Waals surface area contributed by atoms with E-state index < -0.39 is 0 Å². The van der Waals surface area contributed by atoms with Gasteiger partial charge in [-0.3, -0.25) is 14.5 Å². The molecule has 2 aromatic heterocycles. The maximum absolute atomic E-state index is 12.3. The van der Waals surface area contributed by atoms with Crippen LogP contribution in [0.4, 0.5) is 0 Å².